The Balaban J connectivity index is 1.33. The number of rotatable bonds is 4. The highest BCUT2D eigenvalue weighted by molar-refractivity contribution is 7.15. The number of amides is 2. The monoisotopic (exact) mass is 384 g/mol. The molecular formula is C20H24N4O2S. The lowest BCUT2D eigenvalue weighted by atomic mass is 9.97. The van der Waals surface area contributed by atoms with Gasteiger partial charge in [0.1, 0.15) is 0 Å². The second-order valence-electron chi connectivity index (χ2n) is 7.18. The van der Waals surface area contributed by atoms with Crippen molar-refractivity contribution in [2.24, 2.45) is 5.92 Å². The van der Waals surface area contributed by atoms with Gasteiger partial charge in [-0.1, -0.05) is 18.2 Å². The number of nitrogens with zero attached hydrogens (tertiary/aromatic N) is 2. The van der Waals surface area contributed by atoms with Crippen LogP contribution in [0.1, 0.15) is 40.4 Å². The fourth-order valence-electron chi connectivity index (χ4n) is 3.77. The van der Waals surface area contributed by atoms with E-state index in [2.05, 4.69) is 15.6 Å². The molecule has 0 radical (unpaired) electrons. The molecule has 0 bridgehead atoms. The number of hydrogen-bond acceptors (Lipinski definition) is 5. The molecule has 1 atom stereocenters. The maximum absolute atomic E-state index is 12.6. The van der Waals surface area contributed by atoms with Crippen LogP contribution in [-0.4, -0.2) is 47.9 Å². The lowest BCUT2D eigenvalue weighted by molar-refractivity contribution is -0.119. The number of aromatic nitrogens is 1. The van der Waals surface area contributed by atoms with Crippen molar-refractivity contribution >= 4 is 28.3 Å². The van der Waals surface area contributed by atoms with Crippen LogP contribution in [0, 0.1) is 5.92 Å². The molecule has 142 valence electrons. The minimum atomic E-state index is -0.177. The number of piperidine rings is 1. The number of thiazole rings is 1. The van der Waals surface area contributed by atoms with Crippen molar-refractivity contribution in [3.8, 4) is 0 Å². The molecule has 2 saturated heterocycles. The van der Waals surface area contributed by atoms with Crippen LogP contribution in [-0.2, 0) is 4.79 Å². The predicted octanol–water partition coefficient (Wildman–Crippen LogP) is 2.71. The predicted molar refractivity (Wildman–Crippen MR) is 106 cm³/mol. The molecule has 2 fully saturated rings. The lowest BCUT2D eigenvalue weighted by Gasteiger charge is -2.20. The largest absolute Gasteiger partial charge is 0.338 e. The Labute approximate surface area is 163 Å². The third-order valence-corrected chi connectivity index (χ3v) is 6.44. The van der Waals surface area contributed by atoms with Gasteiger partial charge in [0.05, 0.1) is 5.92 Å². The van der Waals surface area contributed by atoms with Gasteiger partial charge >= 0.3 is 0 Å². The Morgan fingerprint density at radius 2 is 1.93 bits per heavy atom. The van der Waals surface area contributed by atoms with Crippen LogP contribution in [0.15, 0.2) is 36.5 Å². The van der Waals surface area contributed by atoms with Crippen LogP contribution in [0.3, 0.4) is 0 Å². The van der Waals surface area contributed by atoms with Gasteiger partial charge in [-0.25, -0.2) is 4.98 Å². The zero-order valence-electron chi connectivity index (χ0n) is 15.2. The highest BCUT2D eigenvalue weighted by Crippen LogP contribution is 2.32. The standard InChI is InChI=1S/C20H24N4O2S/c25-18(23-20-22-12-17(27-20)14-6-9-21-10-7-14)16-8-11-24(13-16)19(26)15-4-2-1-3-5-15/h1-5,12,14,16,21H,6-11,13H2,(H,22,23,25). The Morgan fingerprint density at radius 1 is 1.15 bits per heavy atom. The van der Waals surface area contributed by atoms with Crippen LogP contribution in [0.4, 0.5) is 5.13 Å². The van der Waals surface area contributed by atoms with E-state index in [1.165, 1.54) is 4.88 Å². The fourth-order valence-corrected chi connectivity index (χ4v) is 4.76. The van der Waals surface area contributed by atoms with E-state index in [4.69, 9.17) is 0 Å². The van der Waals surface area contributed by atoms with Gasteiger partial charge in [0.2, 0.25) is 5.91 Å². The van der Waals surface area contributed by atoms with E-state index in [0.717, 1.165) is 25.9 Å². The van der Waals surface area contributed by atoms with Crippen molar-refractivity contribution in [2.75, 3.05) is 31.5 Å². The second kappa shape index (κ2) is 8.19. The molecule has 7 heteroatoms. The Morgan fingerprint density at radius 3 is 2.70 bits per heavy atom. The van der Waals surface area contributed by atoms with Gasteiger partial charge in [-0.05, 0) is 50.4 Å². The van der Waals surface area contributed by atoms with Crippen molar-refractivity contribution in [1.29, 1.82) is 0 Å². The molecule has 2 N–H and O–H groups in total. The highest BCUT2D eigenvalue weighted by atomic mass is 32.1. The summed E-state index contributed by atoms with van der Waals surface area (Å²) in [7, 11) is 0. The summed E-state index contributed by atoms with van der Waals surface area (Å²) in [4.78, 5) is 32.5. The van der Waals surface area contributed by atoms with Crippen molar-refractivity contribution in [2.45, 2.75) is 25.2 Å². The quantitative estimate of drug-likeness (QED) is 0.850. The minimum absolute atomic E-state index is 0.00616. The molecule has 1 aromatic carbocycles. The smallest absolute Gasteiger partial charge is 0.253 e. The molecule has 2 aliphatic rings. The SMILES string of the molecule is O=C(Nc1ncc(C2CCNCC2)s1)C1CCN(C(=O)c2ccccc2)C1. The Kier molecular flexibility index (Phi) is 5.50. The maximum atomic E-state index is 12.6. The fraction of sp³-hybridized carbons (Fsp3) is 0.450. The van der Waals surface area contributed by atoms with Gasteiger partial charge in [-0.2, -0.15) is 0 Å². The summed E-state index contributed by atoms with van der Waals surface area (Å²) in [5.41, 5.74) is 0.671. The second-order valence-corrected chi connectivity index (χ2v) is 8.25. The van der Waals surface area contributed by atoms with E-state index < -0.39 is 0 Å². The normalized spacial score (nSPS) is 20.6. The van der Waals surface area contributed by atoms with E-state index in [1.807, 2.05) is 36.5 Å². The summed E-state index contributed by atoms with van der Waals surface area (Å²) < 4.78 is 0. The van der Waals surface area contributed by atoms with Crippen molar-refractivity contribution in [1.82, 2.24) is 15.2 Å². The van der Waals surface area contributed by atoms with E-state index in [1.54, 1.807) is 16.2 Å². The number of benzene rings is 1. The number of anilines is 1. The topological polar surface area (TPSA) is 74.3 Å². The number of likely N-dealkylation sites (tertiary alicyclic amines) is 1. The van der Waals surface area contributed by atoms with Crippen LogP contribution >= 0.6 is 11.3 Å². The third-order valence-electron chi connectivity index (χ3n) is 5.36. The van der Waals surface area contributed by atoms with Crippen molar-refractivity contribution in [3.63, 3.8) is 0 Å². The number of carbonyl (C=O) groups is 2. The third kappa shape index (κ3) is 4.20. The van der Waals surface area contributed by atoms with E-state index in [9.17, 15) is 9.59 Å². The van der Waals surface area contributed by atoms with E-state index in [-0.39, 0.29) is 17.7 Å². The average Bonchev–Trinajstić information content (AvgIpc) is 3.39. The molecule has 1 unspecified atom stereocenters. The summed E-state index contributed by atoms with van der Waals surface area (Å²) >= 11 is 1.58. The maximum Gasteiger partial charge on any atom is 0.253 e. The van der Waals surface area contributed by atoms with Gasteiger partial charge in [0, 0.05) is 29.7 Å². The zero-order valence-corrected chi connectivity index (χ0v) is 16.0. The molecule has 2 aromatic rings. The van der Waals surface area contributed by atoms with Gasteiger partial charge in [-0.3, -0.25) is 9.59 Å². The Hall–Kier alpha value is -2.25. The number of carbonyl (C=O) groups excluding carboxylic acids is 2. The average molecular weight is 385 g/mol. The molecule has 6 nitrogen and oxygen atoms in total. The van der Waals surface area contributed by atoms with Gasteiger partial charge in [0.25, 0.3) is 5.91 Å². The first-order valence-electron chi connectivity index (χ1n) is 9.52. The summed E-state index contributed by atoms with van der Waals surface area (Å²) in [6, 6.07) is 9.23. The first-order chi connectivity index (χ1) is 13.2. The van der Waals surface area contributed by atoms with Crippen LogP contribution in [0.2, 0.25) is 0 Å². The van der Waals surface area contributed by atoms with Crippen LogP contribution < -0.4 is 10.6 Å². The van der Waals surface area contributed by atoms with Crippen LogP contribution in [0.5, 0.6) is 0 Å². The molecule has 2 aliphatic heterocycles. The van der Waals surface area contributed by atoms with Crippen molar-refractivity contribution < 1.29 is 9.59 Å². The first-order valence-corrected chi connectivity index (χ1v) is 10.3. The summed E-state index contributed by atoms with van der Waals surface area (Å²) in [5.74, 6) is 0.321. The molecule has 27 heavy (non-hydrogen) atoms. The summed E-state index contributed by atoms with van der Waals surface area (Å²) in [6.07, 6.45) is 4.83. The van der Waals surface area contributed by atoms with Gasteiger partial charge in [0.15, 0.2) is 5.13 Å². The van der Waals surface area contributed by atoms with Crippen molar-refractivity contribution in [3.05, 3.63) is 47.0 Å². The molecule has 0 spiro atoms. The molecular weight excluding hydrogens is 360 g/mol. The highest BCUT2D eigenvalue weighted by Gasteiger charge is 2.32. The van der Waals surface area contributed by atoms with E-state index >= 15 is 0 Å². The first kappa shape index (κ1) is 18.1. The summed E-state index contributed by atoms with van der Waals surface area (Å²) in [6.45, 7) is 3.16. The van der Waals surface area contributed by atoms with Gasteiger partial charge < -0.3 is 15.5 Å². The molecule has 2 amide bonds. The summed E-state index contributed by atoms with van der Waals surface area (Å²) in [5, 5.41) is 6.99. The molecule has 3 heterocycles. The molecule has 4 rings (SSSR count). The molecule has 0 aliphatic carbocycles. The van der Waals surface area contributed by atoms with E-state index in [0.29, 0.717) is 36.1 Å². The van der Waals surface area contributed by atoms with Crippen LogP contribution in [0.25, 0.3) is 0 Å². The Bertz CT molecular complexity index is 801. The van der Waals surface area contributed by atoms with Gasteiger partial charge in [-0.15, -0.1) is 11.3 Å². The molecule has 0 saturated carbocycles. The molecule has 1 aromatic heterocycles. The lowest BCUT2D eigenvalue weighted by Crippen LogP contribution is -2.31. The minimum Gasteiger partial charge on any atom is -0.338 e. The zero-order chi connectivity index (χ0) is 18.6. The number of nitrogens with one attached hydrogen (secondary N) is 2. The number of hydrogen-bond donors (Lipinski definition) is 2.